The number of anilines is 1. The van der Waals surface area contributed by atoms with E-state index in [2.05, 4.69) is 0 Å². The van der Waals surface area contributed by atoms with Crippen LogP contribution in [0.15, 0.2) is 18.2 Å². The highest BCUT2D eigenvalue weighted by Crippen LogP contribution is 2.38. The van der Waals surface area contributed by atoms with Gasteiger partial charge in [-0.05, 0) is 37.9 Å². The summed E-state index contributed by atoms with van der Waals surface area (Å²) in [6.07, 6.45) is -0.121. The number of nitrogens with zero attached hydrogens (tertiary/aromatic N) is 2. The molecule has 0 heterocycles. The predicted octanol–water partition coefficient (Wildman–Crippen LogP) is 2.80. The first-order valence-electron chi connectivity index (χ1n) is 7.03. The van der Waals surface area contributed by atoms with Gasteiger partial charge >= 0.3 is 5.69 Å². The van der Waals surface area contributed by atoms with Crippen LogP contribution in [0, 0.1) is 15.5 Å². The summed E-state index contributed by atoms with van der Waals surface area (Å²) in [5, 5.41) is 11.4. The maximum atomic E-state index is 11.4. The van der Waals surface area contributed by atoms with Gasteiger partial charge < -0.3 is 15.4 Å². The van der Waals surface area contributed by atoms with Gasteiger partial charge in [-0.3, -0.25) is 10.1 Å². The molecule has 1 aromatic carbocycles. The fourth-order valence-electron chi connectivity index (χ4n) is 2.14. The van der Waals surface area contributed by atoms with E-state index in [1.54, 1.807) is 18.2 Å². The standard InChI is InChI=1S/C15H25N3O3/c1-11(2)21-13-8-6-7-12(14(13)18(19)20)17(5)10-15(3,4)9-16/h6-8,11H,9-10,16H2,1-5H3. The molecule has 2 N–H and O–H groups in total. The van der Waals surface area contributed by atoms with Crippen LogP contribution in [0.5, 0.6) is 5.75 Å². The molecule has 0 amide bonds. The lowest BCUT2D eigenvalue weighted by atomic mass is 9.93. The molecule has 0 radical (unpaired) electrons. The van der Waals surface area contributed by atoms with Crippen LogP contribution in [0.1, 0.15) is 27.7 Å². The summed E-state index contributed by atoms with van der Waals surface area (Å²) in [7, 11) is 1.83. The van der Waals surface area contributed by atoms with Gasteiger partial charge in [0.25, 0.3) is 0 Å². The van der Waals surface area contributed by atoms with Crippen LogP contribution >= 0.6 is 0 Å². The van der Waals surface area contributed by atoms with E-state index in [-0.39, 0.29) is 22.1 Å². The lowest BCUT2D eigenvalue weighted by Crippen LogP contribution is -2.37. The van der Waals surface area contributed by atoms with Gasteiger partial charge in [-0.2, -0.15) is 0 Å². The smallest absolute Gasteiger partial charge is 0.333 e. The number of benzene rings is 1. The Morgan fingerprint density at radius 1 is 1.43 bits per heavy atom. The minimum absolute atomic E-state index is 0.00141. The van der Waals surface area contributed by atoms with E-state index in [1.165, 1.54) is 0 Å². The van der Waals surface area contributed by atoms with E-state index >= 15 is 0 Å². The van der Waals surface area contributed by atoms with Gasteiger partial charge in [0.1, 0.15) is 5.69 Å². The van der Waals surface area contributed by atoms with Crippen LogP contribution in [0.2, 0.25) is 0 Å². The minimum Gasteiger partial charge on any atom is -0.484 e. The lowest BCUT2D eigenvalue weighted by Gasteiger charge is -2.30. The molecule has 0 saturated carbocycles. The van der Waals surface area contributed by atoms with Crippen LogP contribution in [-0.2, 0) is 0 Å². The van der Waals surface area contributed by atoms with Crippen LogP contribution < -0.4 is 15.4 Å². The number of nitro groups is 1. The summed E-state index contributed by atoms with van der Waals surface area (Å²) < 4.78 is 5.56. The molecule has 0 spiro atoms. The van der Waals surface area contributed by atoms with Crippen LogP contribution in [0.3, 0.4) is 0 Å². The van der Waals surface area contributed by atoms with Crippen molar-refractivity contribution in [3.05, 3.63) is 28.3 Å². The number of nitro benzene ring substituents is 1. The number of ether oxygens (including phenoxy) is 1. The molecule has 1 rings (SSSR count). The molecule has 0 aliphatic rings. The molecule has 0 bridgehead atoms. The van der Waals surface area contributed by atoms with E-state index in [4.69, 9.17) is 10.5 Å². The summed E-state index contributed by atoms with van der Waals surface area (Å²) in [6, 6.07) is 5.13. The molecular formula is C15H25N3O3. The Kier molecular flexibility index (Phi) is 5.54. The molecule has 0 fully saturated rings. The molecule has 1 aromatic rings. The summed E-state index contributed by atoms with van der Waals surface area (Å²) in [6.45, 7) is 8.88. The van der Waals surface area contributed by atoms with Crippen molar-refractivity contribution in [2.24, 2.45) is 11.1 Å². The quantitative estimate of drug-likeness (QED) is 0.618. The monoisotopic (exact) mass is 295 g/mol. The highest BCUT2D eigenvalue weighted by atomic mass is 16.6. The Morgan fingerprint density at radius 3 is 2.52 bits per heavy atom. The van der Waals surface area contributed by atoms with Gasteiger partial charge in [0.2, 0.25) is 0 Å². The first-order chi connectivity index (χ1) is 9.68. The Balaban J connectivity index is 3.20. The molecule has 0 atom stereocenters. The number of rotatable bonds is 7. The first-order valence-corrected chi connectivity index (χ1v) is 7.03. The number of nitrogens with two attached hydrogens (primary N) is 1. The molecular weight excluding hydrogens is 270 g/mol. The average molecular weight is 295 g/mol. The maximum absolute atomic E-state index is 11.4. The second-order valence-corrected chi connectivity index (χ2v) is 6.27. The largest absolute Gasteiger partial charge is 0.484 e. The van der Waals surface area contributed by atoms with Crippen molar-refractivity contribution in [1.82, 2.24) is 0 Å². The first kappa shape index (κ1) is 17.2. The SMILES string of the molecule is CC(C)Oc1cccc(N(C)CC(C)(C)CN)c1[N+](=O)[O-]. The fourth-order valence-corrected chi connectivity index (χ4v) is 2.14. The molecule has 6 heteroatoms. The van der Waals surface area contributed by atoms with Crippen molar-refractivity contribution in [3.63, 3.8) is 0 Å². The van der Waals surface area contributed by atoms with Crippen LogP contribution in [0.4, 0.5) is 11.4 Å². The Bertz CT molecular complexity index is 501. The zero-order valence-corrected chi connectivity index (χ0v) is 13.4. The third-order valence-corrected chi connectivity index (χ3v) is 3.15. The number of hydrogen-bond donors (Lipinski definition) is 1. The molecule has 0 aromatic heterocycles. The molecule has 0 unspecified atom stereocenters. The van der Waals surface area contributed by atoms with Crippen molar-refractivity contribution in [2.75, 3.05) is 25.0 Å². The molecule has 21 heavy (non-hydrogen) atoms. The zero-order chi connectivity index (χ0) is 16.2. The minimum atomic E-state index is -0.390. The van der Waals surface area contributed by atoms with E-state index in [0.29, 0.717) is 24.5 Å². The second-order valence-electron chi connectivity index (χ2n) is 6.27. The normalized spacial score (nSPS) is 11.6. The fraction of sp³-hybridized carbons (Fsp3) is 0.600. The van der Waals surface area contributed by atoms with Gasteiger partial charge in [-0.1, -0.05) is 19.9 Å². The highest BCUT2D eigenvalue weighted by molar-refractivity contribution is 5.69. The van der Waals surface area contributed by atoms with Gasteiger partial charge in [0, 0.05) is 13.6 Å². The van der Waals surface area contributed by atoms with Gasteiger partial charge in [-0.15, -0.1) is 0 Å². The Labute approximate surface area is 126 Å². The molecule has 0 aliphatic carbocycles. The summed E-state index contributed by atoms with van der Waals surface area (Å²) in [4.78, 5) is 12.9. The number of para-hydroxylation sites is 1. The van der Waals surface area contributed by atoms with Crippen molar-refractivity contribution in [2.45, 2.75) is 33.8 Å². The molecule has 6 nitrogen and oxygen atoms in total. The molecule has 0 aliphatic heterocycles. The van der Waals surface area contributed by atoms with Gasteiger partial charge in [-0.25, -0.2) is 0 Å². The lowest BCUT2D eigenvalue weighted by molar-refractivity contribution is -0.385. The van der Waals surface area contributed by atoms with E-state index < -0.39 is 0 Å². The van der Waals surface area contributed by atoms with E-state index in [1.807, 2.05) is 39.6 Å². The Morgan fingerprint density at radius 2 is 2.05 bits per heavy atom. The third kappa shape index (κ3) is 4.60. The topological polar surface area (TPSA) is 81.6 Å². The van der Waals surface area contributed by atoms with E-state index in [9.17, 15) is 10.1 Å². The summed E-state index contributed by atoms with van der Waals surface area (Å²) in [5.41, 5.74) is 6.16. The zero-order valence-electron chi connectivity index (χ0n) is 13.4. The third-order valence-electron chi connectivity index (χ3n) is 3.15. The number of hydrogen-bond acceptors (Lipinski definition) is 5. The van der Waals surface area contributed by atoms with Gasteiger partial charge in [0.05, 0.1) is 11.0 Å². The van der Waals surface area contributed by atoms with E-state index in [0.717, 1.165) is 0 Å². The van der Waals surface area contributed by atoms with Crippen molar-refractivity contribution in [1.29, 1.82) is 0 Å². The summed E-state index contributed by atoms with van der Waals surface area (Å²) >= 11 is 0. The van der Waals surface area contributed by atoms with Crippen molar-refractivity contribution in [3.8, 4) is 5.75 Å². The Hall–Kier alpha value is -1.82. The van der Waals surface area contributed by atoms with Gasteiger partial charge in [0.15, 0.2) is 5.75 Å². The molecule has 0 saturated heterocycles. The second kappa shape index (κ2) is 6.76. The predicted molar refractivity (Wildman–Crippen MR) is 85.0 cm³/mol. The average Bonchev–Trinajstić information content (AvgIpc) is 2.36. The van der Waals surface area contributed by atoms with Crippen LogP contribution in [0.25, 0.3) is 0 Å². The van der Waals surface area contributed by atoms with Crippen LogP contribution in [-0.4, -0.2) is 31.2 Å². The van der Waals surface area contributed by atoms with Crippen molar-refractivity contribution >= 4 is 11.4 Å². The molecule has 118 valence electrons. The maximum Gasteiger partial charge on any atom is 0.333 e. The van der Waals surface area contributed by atoms with Crippen molar-refractivity contribution < 1.29 is 9.66 Å². The highest BCUT2D eigenvalue weighted by Gasteiger charge is 2.27. The summed E-state index contributed by atoms with van der Waals surface area (Å²) in [5.74, 6) is 0.296.